The molecule has 4 heterocycles. The lowest BCUT2D eigenvalue weighted by Gasteiger charge is -2.30. The van der Waals surface area contributed by atoms with E-state index in [1.165, 1.54) is 29.8 Å². The maximum absolute atomic E-state index is 13.5. The highest BCUT2D eigenvalue weighted by Crippen LogP contribution is 2.35. The van der Waals surface area contributed by atoms with Crippen molar-refractivity contribution in [3.05, 3.63) is 64.5 Å². The van der Waals surface area contributed by atoms with Gasteiger partial charge in [-0.25, -0.2) is 31.9 Å². The van der Waals surface area contributed by atoms with Crippen LogP contribution in [0, 0.1) is 5.82 Å². The summed E-state index contributed by atoms with van der Waals surface area (Å²) in [6.45, 7) is 3.01. The van der Waals surface area contributed by atoms with Gasteiger partial charge in [0, 0.05) is 24.8 Å². The lowest BCUT2D eigenvalue weighted by atomic mass is 9.91. The SMILES string of the molecule is CCc1nc2ccc(C3CCN(S(C)(=O)=O)CC3)cn2c1Nc1nc(-c2ccc(F)cc2)c(C(=O)OC)s1. The predicted octanol–water partition coefficient (Wildman–Crippen LogP) is 4.83. The molecule has 1 fully saturated rings. The van der Waals surface area contributed by atoms with Crippen molar-refractivity contribution in [2.24, 2.45) is 0 Å². The summed E-state index contributed by atoms with van der Waals surface area (Å²) < 4.78 is 45.8. The molecule has 0 unspecified atom stereocenters. The molecule has 38 heavy (non-hydrogen) atoms. The van der Waals surface area contributed by atoms with Crippen LogP contribution in [0.5, 0.6) is 0 Å². The second kappa shape index (κ2) is 10.4. The van der Waals surface area contributed by atoms with Crippen LogP contribution in [0.4, 0.5) is 15.3 Å². The molecule has 5 rings (SSSR count). The van der Waals surface area contributed by atoms with E-state index < -0.39 is 16.0 Å². The number of fused-ring (bicyclic) bond motifs is 1. The van der Waals surface area contributed by atoms with Crippen molar-refractivity contribution in [1.29, 1.82) is 0 Å². The minimum Gasteiger partial charge on any atom is -0.465 e. The molecule has 0 bridgehead atoms. The van der Waals surface area contributed by atoms with Crippen molar-refractivity contribution in [2.45, 2.75) is 32.1 Å². The Balaban J connectivity index is 1.49. The van der Waals surface area contributed by atoms with E-state index in [9.17, 15) is 17.6 Å². The lowest BCUT2D eigenvalue weighted by Crippen LogP contribution is -2.37. The molecule has 1 aromatic carbocycles. The number of halogens is 1. The van der Waals surface area contributed by atoms with Crippen molar-refractivity contribution in [3.8, 4) is 11.3 Å². The standard InChI is InChI=1S/C26H28FN5O4S2/c1-4-20-24(30-26-29-22(23(37-26)25(33)36-2)17-5-8-19(27)9-6-17)32-15-18(7-10-21(32)28-20)16-11-13-31(14-12-16)38(3,34)35/h5-10,15-16H,4,11-14H2,1-3H3,(H,29,30). The van der Waals surface area contributed by atoms with Gasteiger partial charge in [-0.05, 0) is 61.1 Å². The summed E-state index contributed by atoms with van der Waals surface area (Å²) in [5.74, 6) is 0.0758. The lowest BCUT2D eigenvalue weighted by molar-refractivity contribution is 0.0607. The average Bonchev–Trinajstić information content (AvgIpc) is 3.49. The second-order valence-electron chi connectivity index (χ2n) is 9.21. The van der Waals surface area contributed by atoms with Gasteiger partial charge in [0.15, 0.2) is 5.13 Å². The maximum atomic E-state index is 13.5. The van der Waals surface area contributed by atoms with Gasteiger partial charge in [-0.2, -0.15) is 0 Å². The van der Waals surface area contributed by atoms with Gasteiger partial charge in [0.25, 0.3) is 0 Å². The number of carbonyl (C=O) groups excluding carboxylic acids is 1. The number of imidazole rings is 1. The fourth-order valence-corrected chi connectivity index (χ4v) is 6.54. The van der Waals surface area contributed by atoms with Crippen LogP contribution >= 0.6 is 11.3 Å². The van der Waals surface area contributed by atoms with Gasteiger partial charge in [0.1, 0.15) is 22.2 Å². The topological polar surface area (TPSA) is 106 Å². The first kappa shape index (κ1) is 26.3. The average molecular weight is 558 g/mol. The summed E-state index contributed by atoms with van der Waals surface area (Å²) in [5, 5.41) is 3.84. The number of hydrogen-bond donors (Lipinski definition) is 1. The van der Waals surface area contributed by atoms with Crippen LogP contribution in [-0.2, 0) is 21.2 Å². The van der Waals surface area contributed by atoms with Crippen molar-refractivity contribution in [1.82, 2.24) is 18.7 Å². The number of thiazole rings is 1. The third-order valence-electron chi connectivity index (χ3n) is 6.78. The molecule has 1 saturated heterocycles. The minimum absolute atomic E-state index is 0.230. The highest BCUT2D eigenvalue weighted by atomic mass is 32.2. The third-order valence-corrected chi connectivity index (χ3v) is 9.04. The van der Waals surface area contributed by atoms with Crippen molar-refractivity contribution in [2.75, 3.05) is 31.8 Å². The number of aromatic nitrogens is 3. The molecule has 0 aliphatic carbocycles. The number of anilines is 2. The number of pyridine rings is 1. The first-order valence-electron chi connectivity index (χ1n) is 12.3. The molecular formula is C26H28FN5O4S2. The highest BCUT2D eigenvalue weighted by molar-refractivity contribution is 7.88. The molecule has 0 atom stereocenters. The molecule has 1 aliphatic rings. The van der Waals surface area contributed by atoms with Crippen LogP contribution in [0.3, 0.4) is 0 Å². The Bertz CT molecular complexity index is 1590. The smallest absolute Gasteiger partial charge is 0.350 e. The molecule has 12 heteroatoms. The molecule has 200 valence electrons. The van der Waals surface area contributed by atoms with Gasteiger partial charge in [0.05, 0.1) is 24.8 Å². The Labute approximate surface area is 224 Å². The number of carbonyl (C=O) groups is 1. The van der Waals surface area contributed by atoms with Gasteiger partial charge in [-0.1, -0.05) is 24.3 Å². The Morgan fingerprint density at radius 2 is 1.87 bits per heavy atom. The van der Waals surface area contributed by atoms with E-state index in [4.69, 9.17) is 9.72 Å². The van der Waals surface area contributed by atoms with Crippen LogP contribution in [0.1, 0.15) is 46.6 Å². The Hall–Kier alpha value is -3.35. The van der Waals surface area contributed by atoms with Crippen LogP contribution < -0.4 is 5.32 Å². The van der Waals surface area contributed by atoms with Gasteiger partial charge in [-0.3, -0.25) is 4.40 Å². The quantitative estimate of drug-likeness (QED) is 0.325. The summed E-state index contributed by atoms with van der Waals surface area (Å²) in [6.07, 6.45) is 5.45. The number of hydrogen-bond acceptors (Lipinski definition) is 8. The Morgan fingerprint density at radius 1 is 1.16 bits per heavy atom. The molecule has 0 spiro atoms. The number of rotatable bonds is 7. The monoisotopic (exact) mass is 557 g/mol. The van der Waals surface area contributed by atoms with E-state index in [-0.39, 0.29) is 11.7 Å². The van der Waals surface area contributed by atoms with Crippen molar-refractivity contribution in [3.63, 3.8) is 0 Å². The van der Waals surface area contributed by atoms with Crippen LogP contribution in [0.15, 0.2) is 42.6 Å². The summed E-state index contributed by atoms with van der Waals surface area (Å²) in [7, 11) is -1.88. The molecule has 1 aliphatic heterocycles. The summed E-state index contributed by atoms with van der Waals surface area (Å²) in [5.41, 5.74) is 3.73. The first-order valence-corrected chi connectivity index (χ1v) is 14.9. The van der Waals surface area contributed by atoms with E-state index in [0.717, 1.165) is 46.9 Å². The predicted molar refractivity (Wildman–Crippen MR) is 145 cm³/mol. The summed E-state index contributed by atoms with van der Waals surface area (Å²) in [4.78, 5) is 22.3. The molecule has 1 N–H and O–H groups in total. The molecule has 0 saturated carbocycles. The van der Waals surface area contributed by atoms with E-state index in [1.807, 2.05) is 23.6 Å². The molecule has 4 aromatic rings. The molecular weight excluding hydrogens is 529 g/mol. The summed E-state index contributed by atoms with van der Waals surface area (Å²) in [6, 6.07) is 9.82. The zero-order valence-corrected chi connectivity index (χ0v) is 22.9. The normalized spacial score (nSPS) is 15.2. The van der Waals surface area contributed by atoms with Crippen molar-refractivity contribution < 1.29 is 22.3 Å². The second-order valence-corrected chi connectivity index (χ2v) is 12.2. The van der Waals surface area contributed by atoms with E-state index >= 15 is 0 Å². The van der Waals surface area contributed by atoms with Crippen LogP contribution in [0.2, 0.25) is 0 Å². The number of aryl methyl sites for hydroxylation is 1. The van der Waals surface area contributed by atoms with E-state index in [0.29, 0.717) is 40.8 Å². The fraction of sp³-hybridized carbons (Fsp3) is 0.346. The number of nitrogens with zero attached hydrogens (tertiary/aromatic N) is 4. The van der Waals surface area contributed by atoms with Crippen LogP contribution in [0.25, 0.3) is 16.9 Å². The van der Waals surface area contributed by atoms with Crippen molar-refractivity contribution >= 4 is 43.9 Å². The van der Waals surface area contributed by atoms with Gasteiger partial charge in [-0.15, -0.1) is 0 Å². The Morgan fingerprint density at radius 3 is 2.50 bits per heavy atom. The maximum Gasteiger partial charge on any atom is 0.350 e. The third kappa shape index (κ3) is 5.16. The molecule has 0 amide bonds. The minimum atomic E-state index is -3.19. The fourth-order valence-electron chi connectivity index (χ4n) is 4.76. The number of ether oxygens (including phenoxy) is 1. The van der Waals surface area contributed by atoms with Gasteiger partial charge >= 0.3 is 5.97 Å². The summed E-state index contributed by atoms with van der Waals surface area (Å²) >= 11 is 1.16. The van der Waals surface area contributed by atoms with E-state index in [1.54, 1.807) is 12.1 Å². The molecule has 0 radical (unpaired) electrons. The molecule has 9 nitrogen and oxygen atoms in total. The number of sulfonamides is 1. The number of piperidine rings is 1. The van der Waals surface area contributed by atoms with Gasteiger partial charge in [0.2, 0.25) is 10.0 Å². The van der Waals surface area contributed by atoms with E-state index in [2.05, 4.69) is 16.4 Å². The number of esters is 1. The zero-order valence-electron chi connectivity index (χ0n) is 21.3. The molecule has 3 aromatic heterocycles. The van der Waals surface area contributed by atoms with Gasteiger partial charge < -0.3 is 10.1 Å². The Kier molecular flexibility index (Phi) is 7.21. The number of methoxy groups -OCH3 is 1. The number of nitrogens with one attached hydrogen (secondary N) is 1. The highest BCUT2D eigenvalue weighted by Gasteiger charge is 2.27. The largest absolute Gasteiger partial charge is 0.465 e. The number of benzene rings is 1. The first-order chi connectivity index (χ1) is 18.2. The zero-order chi connectivity index (χ0) is 27.0. The van der Waals surface area contributed by atoms with Crippen LogP contribution in [-0.4, -0.2) is 59.5 Å².